The molecule has 25 heavy (non-hydrogen) atoms. The maximum absolute atomic E-state index is 12.1. The number of ether oxygens (including phenoxy) is 1. The molecule has 1 aromatic carbocycles. The molecular formula is C19H31ClN2O3. The smallest absolute Gasteiger partial charge is 0.250 e. The van der Waals surface area contributed by atoms with Gasteiger partial charge in [-0.2, -0.15) is 0 Å². The molecule has 0 aliphatic heterocycles. The van der Waals surface area contributed by atoms with E-state index >= 15 is 0 Å². The van der Waals surface area contributed by atoms with E-state index in [1.54, 1.807) is 7.11 Å². The van der Waals surface area contributed by atoms with E-state index in [0.717, 1.165) is 30.6 Å². The third-order valence-electron chi connectivity index (χ3n) is 4.89. The van der Waals surface area contributed by atoms with Gasteiger partial charge in [0.15, 0.2) is 0 Å². The van der Waals surface area contributed by atoms with Crippen molar-refractivity contribution in [3.63, 3.8) is 0 Å². The van der Waals surface area contributed by atoms with Gasteiger partial charge in [0.2, 0.25) is 5.91 Å². The van der Waals surface area contributed by atoms with Crippen LogP contribution in [0.5, 0.6) is 5.75 Å². The highest BCUT2D eigenvalue weighted by Gasteiger charge is 2.26. The van der Waals surface area contributed by atoms with Crippen molar-refractivity contribution in [2.75, 3.05) is 13.7 Å². The number of halogens is 1. The summed E-state index contributed by atoms with van der Waals surface area (Å²) in [5.74, 6) is 0.972. The van der Waals surface area contributed by atoms with Crippen LogP contribution in [0.1, 0.15) is 44.1 Å². The van der Waals surface area contributed by atoms with E-state index < -0.39 is 12.1 Å². The molecule has 6 heteroatoms. The molecule has 0 radical (unpaired) electrons. The lowest BCUT2D eigenvalue weighted by molar-refractivity contribution is -0.130. The second-order valence-corrected chi connectivity index (χ2v) is 6.70. The van der Waals surface area contributed by atoms with E-state index in [2.05, 4.69) is 5.32 Å². The van der Waals surface area contributed by atoms with Crippen LogP contribution in [0.2, 0.25) is 0 Å². The fourth-order valence-electron chi connectivity index (χ4n) is 3.47. The number of benzene rings is 1. The molecule has 1 unspecified atom stereocenters. The number of amides is 1. The summed E-state index contributed by atoms with van der Waals surface area (Å²) < 4.78 is 5.29. The Morgan fingerprint density at radius 2 is 2.00 bits per heavy atom. The molecule has 4 N–H and O–H groups in total. The molecule has 0 bridgehead atoms. The van der Waals surface area contributed by atoms with Gasteiger partial charge in [-0.15, -0.1) is 12.4 Å². The van der Waals surface area contributed by atoms with Gasteiger partial charge in [0.05, 0.1) is 7.11 Å². The second-order valence-electron chi connectivity index (χ2n) is 6.70. The number of aliphatic hydroxyl groups excluding tert-OH is 1. The van der Waals surface area contributed by atoms with Gasteiger partial charge in [-0.1, -0.05) is 50.3 Å². The Balaban J connectivity index is 0.00000312. The third-order valence-corrected chi connectivity index (χ3v) is 4.89. The van der Waals surface area contributed by atoms with Crippen LogP contribution in [0, 0.1) is 5.92 Å². The van der Waals surface area contributed by atoms with Crippen molar-refractivity contribution >= 4 is 18.3 Å². The summed E-state index contributed by atoms with van der Waals surface area (Å²) in [6.45, 7) is 0.451. The Morgan fingerprint density at radius 3 is 2.68 bits per heavy atom. The summed E-state index contributed by atoms with van der Waals surface area (Å²) in [6, 6.07) is 7.23. The minimum atomic E-state index is -1.13. The Morgan fingerprint density at radius 1 is 1.32 bits per heavy atom. The van der Waals surface area contributed by atoms with Crippen LogP contribution < -0.4 is 15.8 Å². The minimum Gasteiger partial charge on any atom is -0.496 e. The predicted octanol–water partition coefficient (Wildman–Crippen LogP) is 2.43. The molecule has 0 heterocycles. The molecule has 1 fully saturated rings. The molecule has 1 aliphatic rings. The van der Waals surface area contributed by atoms with Crippen LogP contribution in [0.3, 0.4) is 0 Å². The van der Waals surface area contributed by atoms with Crippen LogP contribution in [0.15, 0.2) is 24.3 Å². The maximum Gasteiger partial charge on any atom is 0.250 e. The largest absolute Gasteiger partial charge is 0.496 e. The lowest BCUT2D eigenvalue weighted by Crippen LogP contribution is -2.47. The number of hydrogen-bond acceptors (Lipinski definition) is 4. The number of carbonyl (C=O) groups excluding carboxylic acids is 1. The molecule has 1 aliphatic carbocycles. The van der Waals surface area contributed by atoms with Crippen molar-refractivity contribution in [3.8, 4) is 5.75 Å². The van der Waals surface area contributed by atoms with Crippen molar-refractivity contribution in [1.82, 2.24) is 5.32 Å². The fraction of sp³-hybridized carbons (Fsp3) is 0.632. The van der Waals surface area contributed by atoms with Crippen LogP contribution >= 0.6 is 12.4 Å². The zero-order valence-corrected chi connectivity index (χ0v) is 15.8. The van der Waals surface area contributed by atoms with Gasteiger partial charge < -0.3 is 20.9 Å². The summed E-state index contributed by atoms with van der Waals surface area (Å²) in [6.07, 6.45) is 6.33. The molecule has 2 rings (SSSR count). The summed E-state index contributed by atoms with van der Waals surface area (Å²) in [4.78, 5) is 12.1. The molecule has 0 spiro atoms. The first-order chi connectivity index (χ1) is 11.6. The van der Waals surface area contributed by atoms with Gasteiger partial charge in [0.1, 0.15) is 11.9 Å². The monoisotopic (exact) mass is 370 g/mol. The van der Waals surface area contributed by atoms with Crippen LogP contribution in [0.25, 0.3) is 0 Å². The van der Waals surface area contributed by atoms with E-state index in [1.165, 1.54) is 19.3 Å². The first-order valence-electron chi connectivity index (χ1n) is 8.95. The maximum atomic E-state index is 12.1. The Kier molecular flexibility index (Phi) is 9.86. The molecule has 2 atom stereocenters. The van der Waals surface area contributed by atoms with Crippen LogP contribution in [-0.4, -0.2) is 36.8 Å². The fourth-order valence-corrected chi connectivity index (χ4v) is 3.47. The second kappa shape index (κ2) is 11.3. The van der Waals surface area contributed by atoms with Crippen molar-refractivity contribution < 1.29 is 14.6 Å². The van der Waals surface area contributed by atoms with Crippen molar-refractivity contribution in [2.45, 2.75) is 57.1 Å². The average Bonchev–Trinajstić information content (AvgIpc) is 2.62. The van der Waals surface area contributed by atoms with Crippen molar-refractivity contribution in [1.29, 1.82) is 0 Å². The zero-order valence-electron chi connectivity index (χ0n) is 14.9. The van der Waals surface area contributed by atoms with Gasteiger partial charge in [-0.25, -0.2) is 0 Å². The van der Waals surface area contributed by atoms with Gasteiger partial charge in [0, 0.05) is 12.6 Å². The number of methoxy groups -OCH3 is 1. The van der Waals surface area contributed by atoms with Crippen molar-refractivity contribution in [2.24, 2.45) is 11.7 Å². The first-order valence-corrected chi connectivity index (χ1v) is 8.95. The number of aliphatic hydroxyl groups is 1. The number of para-hydroxylation sites is 1. The number of rotatable bonds is 8. The molecule has 142 valence electrons. The molecule has 1 aromatic rings. The summed E-state index contributed by atoms with van der Waals surface area (Å²) in [5, 5.41) is 12.9. The normalized spacial score (nSPS) is 17.2. The predicted molar refractivity (Wildman–Crippen MR) is 102 cm³/mol. The highest BCUT2D eigenvalue weighted by Crippen LogP contribution is 2.27. The van der Waals surface area contributed by atoms with E-state index in [4.69, 9.17) is 10.5 Å². The molecule has 0 aromatic heterocycles. The highest BCUT2D eigenvalue weighted by atomic mass is 35.5. The summed E-state index contributed by atoms with van der Waals surface area (Å²) >= 11 is 0. The lowest BCUT2D eigenvalue weighted by Gasteiger charge is -2.26. The lowest BCUT2D eigenvalue weighted by atomic mass is 9.84. The molecule has 1 amide bonds. The number of carbonyl (C=O) groups is 1. The van der Waals surface area contributed by atoms with Crippen LogP contribution in [0.4, 0.5) is 0 Å². The third kappa shape index (κ3) is 6.84. The van der Waals surface area contributed by atoms with Gasteiger partial charge in [-0.05, 0) is 30.4 Å². The number of nitrogens with two attached hydrogens (primary N) is 1. The summed E-state index contributed by atoms with van der Waals surface area (Å²) in [7, 11) is 1.63. The van der Waals surface area contributed by atoms with Gasteiger partial charge >= 0.3 is 0 Å². The number of nitrogens with one attached hydrogen (secondary N) is 1. The highest BCUT2D eigenvalue weighted by molar-refractivity contribution is 5.85. The number of hydrogen-bond donors (Lipinski definition) is 3. The quantitative estimate of drug-likeness (QED) is 0.656. The molecule has 0 saturated heterocycles. The Bertz CT molecular complexity index is 521. The average molecular weight is 371 g/mol. The molecule has 5 nitrogen and oxygen atoms in total. The van der Waals surface area contributed by atoms with E-state index in [9.17, 15) is 9.90 Å². The van der Waals surface area contributed by atoms with Gasteiger partial charge in [-0.3, -0.25) is 4.79 Å². The Labute approximate surface area is 156 Å². The van der Waals surface area contributed by atoms with E-state index in [-0.39, 0.29) is 18.3 Å². The topological polar surface area (TPSA) is 84.6 Å². The Hall–Kier alpha value is -1.30. The zero-order chi connectivity index (χ0) is 17.4. The standard InChI is InChI=1S/C19H30N2O3.ClH/c1-24-17-10-6-5-9-15(17)11-12-21-19(23)18(22)16(20)13-14-7-3-2-4-8-14;/h5-6,9-10,14,16,18,22H,2-4,7-8,11-13,20H2,1H3,(H,21,23);1H/t16-,18?;/m1./s1. The van der Waals surface area contributed by atoms with E-state index in [1.807, 2.05) is 24.3 Å². The first kappa shape index (κ1) is 21.7. The minimum absolute atomic E-state index is 0. The van der Waals surface area contributed by atoms with Gasteiger partial charge in [0.25, 0.3) is 0 Å². The SMILES string of the molecule is COc1ccccc1CCNC(=O)C(O)[C@H](N)CC1CCCCC1.Cl. The van der Waals surface area contributed by atoms with Crippen molar-refractivity contribution in [3.05, 3.63) is 29.8 Å². The van der Waals surface area contributed by atoms with Crippen LogP contribution in [-0.2, 0) is 11.2 Å². The molecule has 1 saturated carbocycles. The molecular weight excluding hydrogens is 340 g/mol. The van der Waals surface area contributed by atoms with E-state index in [0.29, 0.717) is 18.9 Å². The summed E-state index contributed by atoms with van der Waals surface area (Å²) in [5.41, 5.74) is 7.08.